The number of aryl methyl sites for hydroxylation is 1. The normalized spacial score (nSPS) is 13.3. The molecule has 10 rings (SSSR count). The molecule has 0 spiro atoms. The number of benzene rings is 7. The highest BCUT2D eigenvalue weighted by Crippen LogP contribution is 2.51. The number of anilines is 4. The van der Waals surface area contributed by atoms with Crippen molar-refractivity contribution in [2.24, 2.45) is 0 Å². The van der Waals surface area contributed by atoms with Crippen LogP contribution in [0.3, 0.4) is 0 Å². The van der Waals surface area contributed by atoms with E-state index in [1.165, 1.54) is 23.3 Å². The van der Waals surface area contributed by atoms with Crippen molar-refractivity contribution in [1.29, 1.82) is 5.26 Å². The van der Waals surface area contributed by atoms with Crippen molar-refractivity contribution in [3.8, 4) is 45.6 Å². The van der Waals surface area contributed by atoms with Crippen LogP contribution in [0.15, 0.2) is 158 Å². The number of ether oxygens (including phenoxy) is 1. The summed E-state index contributed by atoms with van der Waals surface area (Å²) in [5, 5.41) is 12.3. The minimum Gasteiger partial charge on any atom is -0.457 e. The summed E-state index contributed by atoms with van der Waals surface area (Å²) in [4.78, 5) is 9.35. The summed E-state index contributed by atoms with van der Waals surface area (Å²) in [5.74, 6) is 1.89. The van der Waals surface area contributed by atoms with E-state index in [2.05, 4.69) is 104 Å². The molecule has 0 saturated heterocycles. The maximum atomic E-state index is 14.1. The van der Waals surface area contributed by atoms with Gasteiger partial charge in [-0.25, -0.2) is 9.37 Å². The molecule has 1 aliphatic heterocycles. The van der Waals surface area contributed by atoms with Crippen molar-refractivity contribution in [2.75, 3.05) is 16.5 Å². The van der Waals surface area contributed by atoms with Crippen LogP contribution in [0.4, 0.5) is 27.1 Å². The van der Waals surface area contributed by atoms with Gasteiger partial charge in [-0.3, -0.25) is 4.57 Å². The molecule has 0 radical (unpaired) electrons. The topological polar surface area (TPSA) is 57.3 Å². The van der Waals surface area contributed by atoms with Gasteiger partial charge in [0, 0.05) is 44.6 Å². The number of nitrogens with zero attached hydrogens (tertiary/aromatic N) is 5. The summed E-state index contributed by atoms with van der Waals surface area (Å²) in [6.07, 6.45) is 1.79. The van der Waals surface area contributed by atoms with Gasteiger partial charge in [-0.05, 0) is 155 Å². The number of rotatable bonds is 9. The van der Waals surface area contributed by atoms with E-state index in [4.69, 9.17) is 13.8 Å². The second-order valence-electron chi connectivity index (χ2n) is 17.2. The van der Waals surface area contributed by atoms with Gasteiger partial charge in [0.05, 0.1) is 34.0 Å². The Morgan fingerprint density at radius 2 is 1.44 bits per heavy atom. The van der Waals surface area contributed by atoms with E-state index in [0.29, 0.717) is 29.3 Å². The van der Waals surface area contributed by atoms with Gasteiger partial charge in [0.15, 0.2) is 0 Å². The Labute approximate surface area is 378 Å². The van der Waals surface area contributed by atoms with Crippen LogP contribution in [-0.4, -0.2) is 16.2 Å². The SMILES string of the molecule is [2H]C([2H])([2H])c1c(C#N)cccc1-c1cc(Oc2ccc3c4ccccc4n(-c4ccccn4)c3c2)cc(N2CN(c3c(C(C)C)cc(-c4ccc(F)cc4)cc3C(C)C)c3cc(C)ccc32)c1. The molecule has 0 unspecified atom stereocenters. The minimum absolute atomic E-state index is 0.00892. The van der Waals surface area contributed by atoms with Gasteiger partial charge in [-0.2, -0.15) is 5.26 Å². The number of para-hydroxylation sites is 1. The van der Waals surface area contributed by atoms with E-state index in [1.54, 1.807) is 24.4 Å². The molecule has 0 saturated carbocycles. The average Bonchev–Trinajstić information content (AvgIpc) is 3.86. The molecule has 7 heteroatoms. The van der Waals surface area contributed by atoms with Gasteiger partial charge >= 0.3 is 0 Å². The fourth-order valence-corrected chi connectivity index (χ4v) is 9.19. The third-order valence-corrected chi connectivity index (χ3v) is 12.3. The highest BCUT2D eigenvalue weighted by molar-refractivity contribution is 6.09. The first kappa shape index (κ1) is 36.9. The Balaban J connectivity index is 1.15. The van der Waals surface area contributed by atoms with Gasteiger partial charge in [0.1, 0.15) is 29.8 Å². The number of nitriles is 1. The molecule has 6 nitrogen and oxygen atoms in total. The van der Waals surface area contributed by atoms with Crippen molar-refractivity contribution in [1.82, 2.24) is 9.55 Å². The van der Waals surface area contributed by atoms with Gasteiger partial charge in [-0.15, -0.1) is 0 Å². The Morgan fingerprint density at radius 1 is 0.672 bits per heavy atom. The molecule has 7 aromatic carbocycles. The molecule has 0 atom stereocenters. The number of hydrogen-bond donors (Lipinski definition) is 0. The van der Waals surface area contributed by atoms with E-state index in [9.17, 15) is 9.65 Å². The lowest BCUT2D eigenvalue weighted by atomic mass is 9.87. The maximum Gasteiger partial charge on any atom is 0.137 e. The zero-order valence-electron chi connectivity index (χ0n) is 39.4. The predicted octanol–water partition coefficient (Wildman–Crippen LogP) is 15.4. The molecular weight excluding hydrogens is 790 g/mol. The van der Waals surface area contributed by atoms with Gasteiger partial charge in [0.2, 0.25) is 0 Å². The van der Waals surface area contributed by atoms with Crippen LogP contribution < -0.4 is 14.5 Å². The van der Waals surface area contributed by atoms with Crippen LogP contribution in [0.5, 0.6) is 11.5 Å². The number of hydrogen-bond acceptors (Lipinski definition) is 5. The van der Waals surface area contributed by atoms with E-state index in [-0.39, 0.29) is 28.8 Å². The summed E-state index contributed by atoms with van der Waals surface area (Å²) in [6.45, 7) is 8.80. The fraction of sp³-hybridized carbons (Fsp3) is 0.158. The molecular formula is C57H48FN5O. The third kappa shape index (κ3) is 7.11. The van der Waals surface area contributed by atoms with Crippen molar-refractivity contribution in [3.63, 3.8) is 0 Å². The Morgan fingerprint density at radius 3 is 2.17 bits per heavy atom. The summed E-state index contributed by atoms with van der Waals surface area (Å²) < 4.78 is 49.0. The molecule has 0 fully saturated rings. The summed E-state index contributed by atoms with van der Waals surface area (Å²) in [6, 6.07) is 50.9. The zero-order valence-corrected chi connectivity index (χ0v) is 36.4. The van der Waals surface area contributed by atoms with Crippen LogP contribution >= 0.6 is 0 Å². The van der Waals surface area contributed by atoms with Gasteiger partial charge in [-0.1, -0.05) is 82.3 Å². The maximum absolute atomic E-state index is 14.1. The number of fused-ring (bicyclic) bond motifs is 4. The average molecular weight is 841 g/mol. The standard InChI is InChI=1S/C57H48FN5O/c1-35(2)50-29-41(39-18-20-43(58)21-19-39)30-51(36(3)4)57(50)62-34-61(53-24-17-37(5)26-55(53)62)44-27-42(47-14-11-12-40(33-59)38(47)6)28-46(31-44)64-45-22-23-49-48-13-7-8-15-52(48)63(54(49)32-45)56-16-9-10-25-60-56/h7-32,35-36H,34H2,1-6H3/i6D3. The first-order chi connectivity index (χ1) is 32.3. The molecule has 0 bridgehead atoms. The number of pyridine rings is 1. The predicted molar refractivity (Wildman–Crippen MR) is 260 cm³/mol. The molecule has 3 heterocycles. The van der Waals surface area contributed by atoms with Crippen molar-refractivity contribution >= 4 is 44.6 Å². The highest BCUT2D eigenvalue weighted by Gasteiger charge is 2.33. The lowest BCUT2D eigenvalue weighted by Crippen LogP contribution is -2.26. The lowest BCUT2D eigenvalue weighted by molar-refractivity contribution is 0.483. The molecule has 2 aromatic heterocycles. The smallest absolute Gasteiger partial charge is 0.137 e. The Hall–Kier alpha value is -7.69. The van der Waals surface area contributed by atoms with Crippen LogP contribution in [0.2, 0.25) is 0 Å². The molecule has 0 amide bonds. The zero-order chi connectivity index (χ0) is 46.7. The van der Waals surface area contributed by atoms with Crippen LogP contribution in [0, 0.1) is 30.9 Å². The Kier molecular flexibility index (Phi) is 9.35. The molecule has 0 N–H and O–H groups in total. The second-order valence-corrected chi connectivity index (χ2v) is 17.2. The second kappa shape index (κ2) is 16.2. The Bertz CT molecular complexity index is 3380. The molecule has 64 heavy (non-hydrogen) atoms. The largest absolute Gasteiger partial charge is 0.457 e. The molecule has 314 valence electrons. The van der Waals surface area contributed by atoms with E-state index < -0.39 is 6.85 Å². The third-order valence-electron chi connectivity index (χ3n) is 12.3. The monoisotopic (exact) mass is 840 g/mol. The van der Waals surface area contributed by atoms with E-state index in [1.807, 2.05) is 72.8 Å². The molecule has 0 aliphatic carbocycles. The van der Waals surface area contributed by atoms with Crippen LogP contribution in [-0.2, 0) is 0 Å². The first-order valence-electron chi connectivity index (χ1n) is 23.2. The first-order valence-corrected chi connectivity index (χ1v) is 21.7. The summed E-state index contributed by atoms with van der Waals surface area (Å²) in [5.41, 5.74) is 12.4. The van der Waals surface area contributed by atoms with E-state index >= 15 is 0 Å². The van der Waals surface area contributed by atoms with Crippen molar-refractivity contribution in [3.05, 3.63) is 191 Å². The molecule has 9 aromatic rings. The van der Waals surface area contributed by atoms with Gasteiger partial charge < -0.3 is 14.5 Å². The van der Waals surface area contributed by atoms with E-state index in [0.717, 1.165) is 67.1 Å². The molecule has 1 aliphatic rings. The quantitative estimate of drug-likeness (QED) is 0.145. The highest BCUT2D eigenvalue weighted by atomic mass is 19.1. The van der Waals surface area contributed by atoms with Crippen LogP contribution in [0.25, 0.3) is 49.9 Å². The summed E-state index contributed by atoms with van der Waals surface area (Å²) >= 11 is 0. The number of aromatic nitrogens is 2. The van der Waals surface area contributed by atoms with Crippen molar-refractivity contribution in [2.45, 2.75) is 53.3 Å². The minimum atomic E-state index is -2.57. The fourth-order valence-electron chi connectivity index (χ4n) is 9.19. The number of halogens is 1. The van der Waals surface area contributed by atoms with Crippen molar-refractivity contribution < 1.29 is 13.2 Å². The van der Waals surface area contributed by atoms with Gasteiger partial charge in [0.25, 0.3) is 0 Å². The summed E-state index contributed by atoms with van der Waals surface area (Å²) in [7, 11) is 0. The van der Waals surface area contributed by atoms with Crippen LogP contribution in [0.1, 0.15) is 71.5 Å². The lowest BCUT2D eigenvalue weighted by Gasteiger charge is -2.30.